The van der Waals surface area contributed by atoms with Crippen LogP contribution in [0.5, 0.6) is 0 Å². The third kappa shape index (κ3) is 4.92. The molecule has 0 N–H and O–H groups in total. The molecule has 11 heteroatoms. The summed E-state index contributed by atoms with van der Waals surface area (Å²) in [5.74, 6) is -1.31. The van der Waals surface area contributed by atoms with Crippen molar-refractivity contribution in [3.63, 3.8) is 0 Å². The van der Waals surface area contributed by atoms with E-state index in [1.807, 2.05) is 6.92 Å². The van der Waals surface area contributed by atoms with Crippen molar-refractivity contribution in [1.29, 1.82) is 0 Å². The predicted octanol–water partition coefficient (Wildman–Crippen LogP) is 3.57. The molecule has 2 heterocycles. The maximum atomic E-state index is 12.5. The fraction of sp³-hybridized carbons (Fsp3) is 0.300. The second kappa shape index (κ2) is 8.85. The van der Waals surface area contributed by atoms with Gasteiger partial charge in [-0.1, -0.05) is 47.0 Å². The minimum absolute atomic E-state index is 0.0756. The average molecular weight is 484 g/mol. The summed E-state index contributed by atoms with van der Waals surface area (Å²) in [4.78, 5) is 4.01. The first-order valence-electron chi connectivity index (χ1n) is 9.33. The van der Waals surface area contributed by atoms with E-state index in [0.29, 0.717) is 15.6 Å². The van der Waals surface area contributed by atoms with Gasteiger partial charge in [-0.05, 0) is 31.2 Å². The Morgan fingerprint density at radius 3 is 2.68 bits per heavy atom. The number of hydrogen-bond acceptors (Lipinski definition) is 7. The van der Waals surface area contributed by atoms with E-state index >= 15 is 0 Å². The van der Waals surface area contributed by atoms with E-state index in [9.17, 15) is 8.42 Å². The number of aryl methyl sites for hydroxylation is 1. The van der Waals surface area contributed by atoms with Gasteiger partial charge < -0.3 is 9.47 Å². The minimum atomic E-state index is -3.94. The van der Waals surface area contributed by atoms with E-state index in [4.69, 9.17) is 36.9 Å². The average Bonchev–Trinajstić information content (AvgIpc) is 3.38. The Morgan fingerprint density at radius 1 is 1.23 bits per heavy atom. The Kier molecular flexibility index (Phi) is 6.34. The van der Waals surface area contributed by atoms with Crippen LogP contribution in [0.3, 0.4) is 0 Å². The van der Waals surface area contributed by atoms with E-state index in [-0.39, 0.29) is 24.7 Å². The van der Waals surface area contributed by atoms with E-state index in [1.54, 1.807) is 30.3 Å². The summed E-state index contributed by atoms with van der Waals surface area (Å²) in [7, 11) is -3.94. The highest BCUT2D eigenvalue weighted by Crippen LogP contribution is 2.40. The normalized spacial score (nSPS) is 21.5. The molecule has 0 radical (unpaired) electrons. The lowest BCUT2D eigenvalue weighted by Crippen LogP contribution is -2.35. The molecule has 1 aliphatic rings. The Balaban J connectivity index is 1.53. The van der Waals surface area contributed by atoms with Crippen LogP contribution in [0.1, 0.15) is 11.1 Å². The Morgan fingerprint density at radius 2 is 2.00 bits per heavy atom. The molecule has 2 atom stereocenters. The zero-order chi connectivity index (χ0) is 22.1. The molecule has 4 rings (SSSR count). The number of benzene rings is 2. The lowest BCUT2D eigenvalue weighted by Gasteiger charge is -2.29. The van der Waals surface area contributed by atoms with Crippen LogP contribution >= 0.6 is 23.2 Å². The van der Waals surface area contributed by atoms with Crippen LogP contribution in [0.4, 0.5) is 0 Å². The molecule has 1 fully saturated rings. The van der Waals surface area contributed by atoms with Gasteiger partial charge in [0, 0.05) is 10.6 Å². The summed E-state index contributed by atoms with van der Waals surface area (Å²) < 4.78 is 43.9. The topological polar surface area (TPSA) is 92.5 Å². The molecule has 0 amide bonds. The van der Waals surface area contributed by atoms with Crippen LogP contribution in [-0.2, 0) is 36.1 Å². The van der Waals surface area contributed by atoms with Crippen molar-refractivity contribution >= 4 is 33.3 Å². The van der Waals surface area contributed by atoms with Gasteiger partial charge in [0.05, 0.1) is 23.1 Å². The summed E-state index contributed by atoms with van der Waals surface area (Å²) in [5, 5.41) is 4.92. The zero-order valence-electron chi connectivity index (χ0n) is 16.4. The second-order valence-electron chi connectivity index (χ2n) is 7.07. The number of halogens is 2. The molecule has 31 heavy (non-hydrogen) atoms. The van der Waals surface area contributed by atoms with E-state index in [0.717, 1.165) is 5.56 Å². The van der Waals surface area contributed by atoms with E-state index in [2.05, 4.69) is 10.1 Å². The van der Waals surface area contributed by atoms with Gasteiger partial charge in [-0.25, -0.2) is 9.67 Å². The van der Waals surface area contributed by atoms with Crippen LogP contribution < -0.4 is 0 Å². The summed E-state index contributed by atoms with van der Waals surface area (Å²) >= 11 is 12.4. The van der Waals surface area contributed by atoms with Crippen molar-refractivity contribution in [2.24, 2.45) is 0 Å². The number of nitrogens with zero attached hydrogens (tertiary/aromatic N) is 3. The number of rotatable bonds is 7. The SMILES string of the molecule is Cc1ccc(S(=O)(=O)OC[C@H]2CO[C@@](Cn3cncn3)(c3ccc(Cl)cc3Cl)O2)cc1. The van der Waals surface area contributed by atoms with E-state index in [1.165, 1.54) is 29.5 Å². The Hall–Kier alpha value is -2.01. The molecule has 0 unspecified atom stereocenters. The van der Waals surface area contributed by atoms with Crippen molar-refractivity contribution in [3.8, 4) is 0 Å². The maximum absolute atomic E-state index is 12.5. The first-order chi connectivity index (χ1) is 14.8. The summed E-state index contributed by atoms with van der Waals surface area (Å²) in [5.41, 5.74) is 1.49. The van der Waals surface area contributed by atoms with Gasteiger partial charge >= 0.3 is 0 Å². The molecule has 2 aromatic carbocycles. The van der Waals surface area contributed by atoms with Gasteiger partial charge in [-0.2, -0.15) is 13.5 Å². The molecule has 8 nitrogen and oxygen atoms in total. The van der Waals surface area contributed by atoms with Gasteiger partial charge in [-0.15, -0.1) is 0 Å². The molecular formula is C20H19Cl2N3O5S. The van der Waals surface area contributed by atoms with Crippen LogP contribution in [0, 0.1) is 6.92 Å². The van der Waals surface area contributed by atoms with Crippen molar-refractivity contribution < 1.29 is 22.1 Å². The van der Waals surface area contributed by atoms with E-state index < -0.39 is 22.0 Å². The largest absolute Gasteiger partial charge is 0.342 e. The van der Waals surface area contributed by atoms with Crippen molar-refractivity contribution in [3.05, 3.63) is 76.3 Å². The third-order valence-electron chi connectivity index (χ3n) is 4.76. The van der Waals surface area contributed by atoms with Crippen LogP contribution in [0.15, 0.2) is 60.0 Å². The molecule has 1 saturated heterocycles. The van der Waals surface area contributed by atoms with Gasteiger partial charge in [-0.3, -0.25) is 4.18 Å². The first kappa shape index (κ1) is 22.2. The summed E-state index contributed by atoms with van der Waals surface area (Å²) in [6.45, 7) is 1.89. The molecule has 0 aliphatic carbocycles. The number of ether oxygens (including phenoxy) is 2. The summed E-state index contributed by atoms with van der Waals surface area (Å²) in [6, 6.07) is 11.4. The van der Waals surface area contributed by atoms with Crippen molar-refractivity contribution in [2.75, 3.05) is 13.2 Å². The van der Waals surface area contributed by atoms with Crippen LogP contribution in [0.25, 0.3) is 0 Å². The highest BCUT2D eigenvalue weighted by atomic mass is 35.5. The smallest absolute Gasteiger partial charge is 0.297 e. The van der Waals surface area contributed by atoms with Gasteiger partial charge in [0.2, 0.25) is 5.79 Å². The predicted molar refractivity (Wildman–Crippen MR) is 113 cm³/mol. The molecule has 0 bridgehead atoms. The van der Waals surface area contributed by atoms with Gasteiger partial charge in [0.15, 0.2) is 0 Å². The first-order valence-corrected chi connectivity index (χ1v) is 11.5. The standard InChI is InChI=1S/C20H19Cl2N3O5S/c1-14-2-5-17(6-3-14)31(26,27)29-10-16-9-28-20(30-16,11-25-13-23-12-24-25)18-7-4-15(21)8-19(18)22/h2-8,12-13,16H,9-11H2,1H3/t16-,20-/m1/s1. The molecule has 3 aromatic rings. The van der Waals surface area contributed by atoms with Crippen molar-refractivity contribution in [2.45, 2.75) is 30.3 Å². The van der Waals surface area contributed by atoms with Crippen molar-refractivity contribution in [1.82, 2.24) is 14.8 Å². The molecule has 1 aromatic heterocycles. The fourth-order valence-electron chi connectivity index (χ4n) is 3.22. The lowest BCUT2D eigenvalue weighted by molar-refractivity contribution is -0.190. The Labute approximate surface area is 189 Å². The zero-order valence-corrected chi connectivity index (χ0v) is 18.8. The molecule has 0 spiro atoms. The Bertz CT molecular complexity index is 1160. The molecule has 1 aliphatic heterocycles. The van der Waals surface area contributed by atoms with Crippen LogP contribution in [-0.4, -0.2) is 42.5 Å². The number of hydrogen-bond donors (Lipinski definition) is 0. The number of aromatic nitrogens is 3. The molecule has 0 saturated carbocycles. The van der Waals surface area contributed by atoms with Gasteiger partial charge in [0.25, 0.3) is 10.1 Å². The highest BCUT2D eigenvalue weighted by molar-refractivity contribution is 7.86. The molecule has 164 valence electrons. The summed E-state index contributed by atoms with van der Waals surface area (Å²) in [6.07, 6.45) is 2.25. The third-order valence-corrected chi connectivity index (χ3v) is 6.60. The second-order valence-corrected chi connectivity index (χ2v) is 9.53. The van der Waals surface area contributed by atoms with Crippen LogP contribution in [0.2, 0.25) is 10.0 Å². The highest BCUT2D eigenvalue weighted by Gasteiger charge is 2.46. The monoisotopic (exact) mass is 483 g/mol. The van der Waals surface area contributed by atoms with Gasteiger partial charge in [0.1, 0.15) is 25.3 Å². The lowest BCUT2D eigenvalue weighted by atomic mass is 10.1. The minimum Gasteiger partial charge on any atom is -0.342 e. The maximum Gasteiger partial charge on any atom is 0.297 e. The fourth-order valence-corrected chi connectivity index (χ4v) is 4.71. The quantitative estimate of drug-likeness (QED) is 0.474. The molecular weight excluding hydrogens is 465 g/mol.